The van der Waals surface area contributed by atoms with Gasteiger partial charge in [-0.05, 0) is 6.07 Å². The zero-order chi connectivity index (χ0) is 13.2. The van der Waals surface area contributed by atoms with Gasteiger partial charge in [0.2, 0.25) is 5.95 Å². The van der Waals surface area contributed by atoms with Gasteiger partial charge in [-0.2, -0.15) is 5.10 Å². The van der Waals surface area contributed by atoms with E-state index in [1.54, 1.807) is 0 Å². The van der Waals surface area contributed by atoms with Crippen molar-refractivity contribution in [2.75, 3.05) is 10.5 Å². The molecule has 0 aromatic carbocycles. The van der Waals surface area contributed by atoms with Crippen LogP contribution < -0.4 is 16.0 Å². The summed E-state index contributed by atoms with van der Waals surface area (Å²) in [6, 6.07) is 2.37. The highest BCUT2D eigenvalue weighted by molar-refractivity contribution is 7.92. The molecule has 0 spiro atoms. The molecule has 0 saturated heterocycles. The van der Waals surface area contributed by atoms with E-state index in [-0.39, 0.29) is 16.7 Å². The summed E-state index contributed by atoms with van der Waals surface area (Å²) in [5, 5.41) is 5.61. The van der Waals surface area contributed by atoms with Crippen LogP contribution in [-0.4, -0.2) is 28.6 Å². The number of nitrogens with two attached hydrogens (primary N) is 1. The van der Waals surface area contributed by atoms with Crippen LogP contribution in [-0.2, 0) is 10.0 Å². The van der Waals surface area contributed by atoms with Gasteiger partial charge in [-0.1, -0.05) is 0 Å². The largest absolute Gasteiger partial charge is 0.368 e. The number of nitrogens with zero attached hydrogens (tertiary/aromatic N) is 3. The Morgan fingerprint density at radius 1 is 1.22 bits per heavy atom. The summed E-state index contributed by atoms with van der Waals surface area (Å²) in [6.45, 7) is 0. The normalized spacial score (nSPS) is 11.1. The molecule has 0 unspecified atom stereocenters. The Balaban J connectivity index is 2.29. The first-order valence-electron chi connectivity index (χ1n) is 4.63. The molecule has 0 aliphatic carbocycles. The SMILES string of the molecule is Nc1ncc(S(=O)(=O)Nc2ccc(=O)[nH]n2)cn1. The number of aromatic nitrogens is 4. The molecule has 9 nitrogen and oxygen atoms in total. The molecule has 0 atom stereocenters. The van der Waals surface area contributed by atoms with Crippen molar-refractivity contribution in [3.05, 3.63) is 34.9 Å². The van der Waals surface area contributed by atoms with Crippen molar-refractivity contribution in [3.8, 4) is 0 Å². The summed E-state index contributed by atoms with van der Waals surface area (Å²) in [5.41, 5.74) is 4.81. The van der Waals surface area contributed by atoms with E-state index < -0.39 is 15.6 Å². The second-order valence-electron chi connectivity index (χ2n) is 3.19. The molecular weight excluding hydrogens is 260 g/mol. The van der Waals surface area contributed by atoms with E-state index in [9.17, 15) is 13.2 Å². The predicted octanol–water partition coefficient (Wildman–Crippen LogP) is -1.06. The fourth-order valence-corrected chi connectivity index (χ4v) is 1.95. The summed E-state index contributed by atoms with van der Waals surface area (Å²) in [6.07, 6.45) is 2.13. The summed E-state index contributed by atoms with van der Waals surface area (Å²) in [5.74, 6) is -0.0532. The summed E-state index contributed by atoms with van der Waals surface area (Å²) in [4.78, 5) is 17.7. The first kappa shape index (κ1) is 12.0. The number of H-pyrrole nitrogens is 1. The molecule has 0 aliphatic heterocycles. The number of nitrogen functional groups attached to an aromatic ring is 1. The second-order valence-corrected chi connectivity index (χ2v) is 4.87. The number of aromatic amines is 1. The lowest BCUT2D eigenvalue weighted by atomic mass is 10.5. The van der Waals surface area contributed by atoms with Crippen LogP contribution in [0.3, 0.4) is 0 Å². The van der Waals surface area contributed by atoms with Crippen molar-refractivity contribution in [1.29, 1.82) is 0 Å². The van der Waals surface area contributed by atoms with Crippen LogP contribution in [0.15, 0.2) is 34.2 Å². The number of sulfonamides is 1. The van der Waals surface area contributed by atoms with Gasteiger partial charge in [0.15, 0.2) is 5.82 Å². The van der Waals surface area contributed by atoms with E-state index >= 15 is 0 Å². The second kappa shape index (κ2) is 4.41. The van der Waals surface area contributed by atoms with Crippen molar-refractivity contribution in [3.63, 3.8) is 0 Å². The van der Waals surface area contributed by atoms with Gasteiger partial charge in [0, 0.05) is 6.07 Å². The molecule has 0 aliphatic rings. The third-order valence-electron chi connectivity index (χ3n) is 1.88. The van der Waals surface area contributed by atoms with Crippen molar-refractivity contribution >= 4 is 21.8 Å². The molecule has 2 aromatic heterocycles. The first-order chi connectivity index (χ1) is 8.47. The number of hydrogen-bond donors (Lipinski definition) is 3. The van der Waals surface area contributed by atoms with E-state index in [0.29, 0.717) is 0 Å². The number of anilines is 2. The highest BCUT2D eigenvalue weighted by Gasteiger charge is 2.15. The van der Waals surface area contributed by atoms with Crippen LogP contribution in [0.1, 0.15) is 0 Å². The Labute approximate surface area is 101 Å². The van der Waals surface area contributed by atoms with Crippen LogP contribution >= 0.6 is 0 Å². The number of hydrogen-bond acceptors (Lipinski definition) is 7. The minimum Gasteiger partial charge on any atom is -0.368 e. The zero-order valence-electron chi connectivity index (χ0n) is 8.86. The molecule has 4 N–H and O–H groups in total. The highest BCUT2D eigenvalue weighted by Crippen LogP contribution is 2.11. The van der Waals surface area contributed by atoms with Crippen LogP contribution in [0.25, 0.3) is 0 Å². The summed E-state index contributed by atoms with van der Waals surface area (Å²) < 4.78 is 25.8. The quantitative estimate of drug-likeness (QED) is 0.643. The van der Waals surface area contributed by atoms with Gasteiger partial charge in [0.05, 0.1) is 12.4 Å². The molecule has 0 fully saturated rings. The first-order valence-corrected chi connectivity index (χ1v) is 6.12. The van der Waals surface area contributed by atoms with Crippen LogP contribution in [0, 0.1) is 0 Å². The van der Waals surface area contributed by atoms with Gasteiger partial charge in [0.1, 0.15) is 4.90 Å². The van der Waals surface area contributed by atoms with Crippen molar-refractivity contribution < 1.29 is 8.42 Å². The number of rotatable bonds is 3. The van der Waals surface area contributed by atoms with Crippen molar-refractivity contribution in [1.82, 2.24) is 20.2 Å². The van der Waals surface area contributed by atoms with Crippen LogP contribution in [0.2, 0.25) is 0 Å². The summed E-state index contributed by atoms with van der Waals surface area (Å²) in [7, 11) is -3.86. The Morgan fingerprint density at radius 2 is 1.89 bits per heavy atom. The Kier molecular flexibility index (Phi) is 2.93. The van der Waals surface area contributed by atoms with E-state index in [2.05, 4.69) is 24.9 Å². The van der Waals surface area contributed by atoms with Gasteiger partial charge < -0.3 is 5.73 Å². The lowest BCUT2D eigenvalue weighted by molar-refractivity contribution is 0.600. The Bertz CT molecular complexity index is 688. The molecule has 18 heavy (non-hydrogen) atoms. The maximum atomic E-state index is 11.8. The maximum Gasteiger partial charge on any atom is 0.266 e. The molecule has 0 bridgehead atoms. The fourth-order valence-electron chi connectivity index (χ4n) is 1.06. The third-order valence-corrected chi connectivity index (χ3v) is 3.19. The minimum atomic E-state index is -3.86. The minimum absolute atomic E-state index is 0.0218. The van der Waals surface area contributed by atoms with Gasteiger partial charge >= 0.3 is 0 Å². The Morgan fingerprint density at radius 3 is 2.44 bits per heavy atom. The zero-order valence-corrected chi connectivity index (χ0v) is 9.68. The highest BCUT2D eigenvalue weighted by atomic mass is 32.2. The van der Waals surface area contributed by atoms with Gasteiger partial charge in [0.25, 0.3) is 15.6 Å². The van der Waals surface area contributed by atoms with Gasteiger partial charge in [-0.3, -0.25) is 9.52 Å². The van der Waals surface area contributed by atoms with E-state index in [4.69, 9.17) is 5.73 Å². The molecule has 2 heterocycles. The van der Waals surface area contributed by atoms with Gasteiger partial charge in [-0.15, -0.1) is 0 Å². The molecule has 0 radical (unpaired) electrons. The third kappa shape index (κ3) is 2.60. The van der Waals surface area contributed by atoms with Crippen LogP contribution in [0.4, 0.5) is 11.8 Å². The standard InChI is InChI=1S/C8H8N6O3S/c9-8-10-3-5(4-11-8)18(16,17)14-6-1-2-7(15)13-12-6/h1-4H,(H,12,14)(H,13,15)(H2,9,10,11). The smallest absolute Gasteiger partial charge is 0.266 e. The van der Waals surface area contributed by atoms with Crippen molar-refractivity contribution in [2.24, 2.45) is 0 Å². The lowest BCUT2D eigenvalue weighted by Crippen LogP contribution is -2.17. The topological polar surface area (TPSA) is 144 Å². The molecule has 0 saturated carbocycles. The van der Waals surface area contributed by atoms with Gasteiger partial charge in [-0.25, -0.2) is 23.5 Å². The molecule has 94 valence electrons. The monoisotopic (exact) mass is 268 g/mol. The number of nitrogens with one attached hydrogen (secondary N) is 2. The predicted molar refractivity (Wildman–Crippen MR) is 62.1 cm³/mol. The molecule has 2 aromatic rings. The average Bonchev–Trinajstić information content (AvgIpc) is 2.32. The van der Waals surface area contributed by atoms with E-state index in [0.717, 1.165) is 18.5 Å². The molecule has 10 heteroatoms. The van der Waals surface area contributed by atoms with Crippen LogP contribution in [0.5, 0.6) is 0 Å². The van der Waals surface area contributed by atoms with E-state index in [1.807, 2.05) is 0 Å². The lowest BCUT2D eigenvalue weighted by Gasteiger charge is -2.05. The summed E-state index contributed by atoms with van der Waals surface area (Å²) >= 11 is 0. The fraction of sp³-hybridized carbons (Fsp3) is 0. The molecule has 2 rings (SSSR count). The van der Waals surface area contributed by atoms with Crippen molar-refractivity contribution in [2.45, 2.75) is 4.90 Å². The Hall–Kier alpha value is -2.49. The molecular formula is C8H8N6O3S. The average molecular weight is 268 g/mol. The molecule has 0 amide bonds. The van der Waals surface area contributed by atoms with E-state index in [1.165, 1.54) is 6.07 Å². The maximum absolute atomic E-state index is 11.8.